The van der Waals surface area contributed by atoms with E-state index in [1.54, 1.807) is 6.20 Å². The van der Waals surface area contributed by atoms with Crippen LogP contribution in [0.25, 0.3) is 0 Å². The van der Waals surface area contributed by atoms with Gasteiger partial charge in [0.05, 0.1) is 12.1 Å². The van der Waals surface area contributed by atoms with E-state index in [-0.39, 0.29) is 12.3 Å². The van der Waals surface area contributed by atoms with Crippen molar-refractivity contribution >= 4 is 23.3 Å². The molecule has 3 aromatic rings. The quantitative estimate of drug-likeness (QED) is 0.304. The van der Waals surface area contributed by atoms with Crippen molar-refractivity contribution in [2.45, 2.75) is 32.6 Å². The molecule has 1 unspecified atom stereocenters. The predicted molar refractivity (Wildman–Crippen MR) is 118 cm³/mol. The Hall–Kier alpha value is -3.18. The van der Waals surface area contributed by atoms with Gasteiger partial charge in [0.15, 0.2) is 0 Å². The third-order valence-corrected chi connectivity index (χ3v) is 5.33. The first kappa shape index (κ1) is 21.5. The summed E-state index contributed by atoms with van der Waals surface area (Å²) in [5, 5.41) is 23.0. The van der Waals surface area contributed by atoms with Gasteiger partial charge in [-0.15, -0.1) is 0 Å². The lowest BCUT2D eigenvalue weighted by Crippen LogP contribution is -2.12. The molecule has 1 aromatic heterocycles. The first-order chi connectivity index (χ1) is 14.4. The summed E-state index contributed by atoms with van der Waals surface area (Å²) >= 11 is 6.16. The highest BCUT2D eigenvalue weighted by molar-refractivity contribution is 6.30. The van der Waals surface area contributed by atoms with Crippen LogP contribution in [0, 0.1) is 13.8 Å². The lowest BCUT2D eigenvalue weighted by molar-refractivity contribution is -0.136. The topological polar surface area (TPSA) is 82.8 Å². The summed E-state index contributed by atoms with van der Waals surface area (Å²) < 4.78 is 0. The number of rotatable bonds is 7. The summed E-state index contributed by atoms with van der Waals surface area (Å²) in [7, 11) is 0. The molecule has 0 bridgehead atoms. The Labute approximate surface area is 180 Å². The Morgan fingerprint density at radius 3 is 2.43 bits per heavy atom. The zero-order valence-electron chi connectivity index (χ0n) is 16.8. The van der Waals surface area contributed by atoms with Gasteiger partial charge in [-0.1, -0.05) is 47.1 Å². The summed E-state index contributed by atoms with van der Waals surface area (Å²) in [6, 6.07) is 17.0. The number of aromatic nitrogens is 1. The molecule has 3 rings (SSSR count). The normalized spacial score (nSPS) is 12.6. The molecule has 1 atom stereocenters. The Bertz CT molecular complexity index is 1080. The minimum atomic E-state index is -0.865. The maximum atomic E-state index is 11.0. The third-order valence-electron chi connectivity index (χ3n) is 5.09. The molecule has 1 heterocycles. The Balaban J connectivity index is 2.02. The number of benzene rings is 2. The van der Waals surface area contributed by atoms with Crippen molar-refractivity contribution in [3.63, 3.8) is 0 Å². The van der Waals surface area contributed by atoms with E-state index in [0.29, 0.717) is 17.2 Å². The zero-order chi connectivity index (χ0) is 21.7. The van der Waals surface area contributed by atoms with E-state index in [1.165, 1.54) is 0 Å². The second-order valence-corrected chi connectivity index (χ2v) is 7.74. The Morgan fingerprint density at radius 2 is 1.83 bits per heavy atom. The van der Waals surface area contributed by atoms with E-state index in [0.717, 1.165) is 33.5 Å². The van der Waals surface area contributed by atoms with Crippen LogP contribution >= 0.6 is 11.6 Å². The number of aryl methyl sites for hydroxylation is 2. The van der Waals surface area contributed by atoms with Gasteiger partial charge < -0.3 is 10.3 Å². The van der Waals surface area contributed by atoms with Gasteiger partial charge in [0.2, 0.25) is 0 Å². The molecule has 0 fully saturated rings. The average molecular weight is 423 g/mol. The molecule has 0 saturated carbocycles. The molecular formula is C24H23ClN2O3. The number of pyridine rings is 1. The summed E-state index contributed by atoms with van der Waals surface area (Å²) in [5.74, 6) is -0.962. The van der Waals surface area contributed by atoms with Gasteiger partial charge in [-0.2, -0.15) is 0 Å². The Morgan fingerprint density at radius 1 is 1.10 bits per heavy atom. The summed E-state index contributed by atoms with van der Waals surface area (Å²) in [4.78, 5) is 15.2. The fourth-order valence-corrected chi connectivity index (χ4v) is 3.84. The van der Waals surface area contributed by atoms with E-state index in [2.05, 4.69) is 10.1 Å². The fourth-order valence-electron chi connectivity index (χ4n) is 3.61. The highest BCUT2D eigenvalue weighted by Gasteiger charge is 2.21. The van der Waals surface area contributed by atoms with Gasteiger partial charge >= 0.3 is 5.97 Å². The second kappa shape index (κ2) is 9.55. The van der Waals surface area contributed by atoms with Gasteiger partial charge in [0.1, 0.15) is 0 Å². The predicted octanol–water partition coefficient (Wildman–Crippen LogP) is 5.38. The zero-order valence-corrected chi connectivity index (χ0v) is 17.6. The molecule has 0 aliphatic rings. The third kappa shape index (κ3) is 5.24. The van der Waals surface area contributed by atoms with Gasteiger partial charge in [-0.05, 0) is 60.4 Å². The molecule has 2 N–H and O–H groups in total. The van der Waals surface area contributed by atoms with Crippen LogP contribution in [-0.2, 0) is 11.2 Å². The number of hydrogen-bond donors (Lipinski definition) is 2. The molecule has 6 heteroatoms. The van der Waals surface area contributed by atoms with Crippen LogP contribution in [0.3, 0.4) is 0 Å². The molecule has 0 aliphatic carbocycles. The van der Waals surface area contributed by atoms with E-state index in [1.807, 2.05) is 68.4 Å². The Kier molecular flexibility index (Phi) is 6.85. The number of halogens is 1. The molecule has 0 radical (unpaired) electrons. The van der Waals surface area contributed by atoms with Gasteiger partial charge in [0, 0.05) is 34.8 Å². The van der Waals surface area contributed by atoms with Crippen LogP contribution in [0.1, 0.15) is 45.8 Å². The molecule has 2 aromatic carbocycles. The van der Waals surface area contributed by atoms with E-state index < -0.39 is 5.97 Å². The standard InChI is InChI=1S/C24H23ClN2O3/c1-15-11-20(25)7-8-21(15)22(18-5-3-17(4-6-18)13-24(28)29)14-23(27-30)19-9-10-26-16(2)12-19/h3-12,22,30H,13-14H2,1-2H3,(H,28,29). The largest absolute Gasteiger partial charge is 0.481 e. The first-order valence-electron chi connectivity index (χ1n) is 9.58. The van der Waals surface area contributed by atoms with Crippen molar-refractivity contribution in [3.05, 3.63) is 99.3 Å². The van der Waals surface area contributed by atoms with Crippen molar-refractivity contribution in [2.24, 2.45) is 5.16 Å². The molecule has 154 valence electrons. The van der Waals surface area contributed by atoms with E-state index in [4.69, 9.17) is 16.7 Å². The molecule has 0 amide bonds. The van der Waals surface area contributed by atoms with Crippen LogP contribution in [-0.4, -0.2) is 27.0 Å². The number of oxime groups is 1. The fraction of sp³-hybridized carbons (Fsp3) is 0.208. The van der Waals surface area contributed by atoms with Crippen LogP contribution in [0.2, 0.25) is 5.02 Å². The first-order valence-corrected chi connectivity index (χ1v) is 9.96. The van der Waals surface area contributed by atoms with Crippen LogP contribution in [0.4, 0.5) is 0 Å². The van der Waals surface area contributed by atoms with Crippen molar-refractivity contribution < 1.29 is 15.1 Å². The second-order valence-electron chi connectivity index (χ2n) is 7.30. The number of aliphatic carboxylic acids is 1. The number of carboxylic acids is 1. The molecule has 0 spiro atoms. The minimum Gasteiger partial charge on any atom is -0.481 e. The van der Waals surface area contributed by atoms with Gasteiger partial charge in [-0.25, -0.2) is 0 Å². The summed E-state index contributed by atoms with van der Waals surface area (Å²) in [5.41, 5.74) is 6.03. The van der Waals surface area contributed by atoms with Crippen LogP contribution in [0.5, 0.6) is 0 Å². The maximum Gasteiger partial charge on any atom is 0.307 e. The number of nitrogens with zero attached hydrogens (tertiary/aromatic N) is 2. The number of hydrogen-bond acceptors (Lipinski definition) is 4. The average Bonchev–Trinajstić information content (AvgIpc) is 2.70. The number of carboxylic acid groups (broad SMARTS) is 1. The highest BCUT2D eigenvalue weighted by Crippen LogP contribution is 2.33. The highest BCUT2D eigenvalue weighted by atomic mass is 35.5. The van der Waals surface area contributed by atoms with Crippen LogP contribution < -0.4 is 0 Å². The van der Waals surface area contributed by atoms with E-state index >= 15 is 0 Å². The SMILES string of the molecule is Cc1cc(C(CC(c2ccc(CC(=O)O)cc2)c2ccc(Cl)cc2C)=NO)ccn1. The molecular weight excluding hydrogens is 400 g/mol. The van der Waals surface area contributed by atoms with Crippen molar-refractivity contribution in [3.8, 4) is 0 Å². The minimum absolute atomic E-state index is 0.0233. The monoisotopic (exact) mass is 422 g/mol. The molecule has 0 saturated heterocycles. The van der Waals surface area contributed by atoms with E-state index in [9.17, 15) is 10.0 Å². The van der Waals surface area contributed by atoms with Crippen molar-refractivity contribution in [2.75, 3.05) is 0 Å². The smallest absolute Gasteiger partial charge is 0.307 e. The maximum absolute atomic E-state index is 11.0. The van der Waals surface area contributed by atoms with Gasteiger partial charge in [-0.3, -0.25) is 9.78 Å². The molecule has 5 nitrogen and oxygen atoms in total. The lowest BCUT2D eigenvalue weighted by Gasteiger charge is -2.21. The lowest BCUT2D eigenvalue weighted by atomic mass is 9.83. The van der Waals surface area contributed by atoms with Gasteiger partial charge in [0.25, 0.3) is 0 Å². The molecule has 0 aliphatic heterocycles. The van der Waals surface area contributed by atoms with Crippen molar-refractivity contribution in [1.82, 2.24) is 4.98 Å². The van der Waals surface area contributed by atoms with Crippen molar-refractivity contribution in [1.29, 1.82) is 0 Å². The van der Waals surface area contributed by atoms with Crippen LogP contribution in [0.15, 0.2) is 65.9 Å². The number of carbonyl (C=O) groups is 1. The summed E-state index contributed by atoms with van der Waals surface area (Å²) in [6.07, 6.45) is 2.13. The summed E-state index contributed by atoms with van der Waals surface area (Å²) in [6.45, 7) is 3.89. The molecule has 30 heavy (non-hydrogen) atoms.